The van der Waals surface area contributed by atoms with Gasteiger partial charge in [-0.1, -0.05) is 55.8 Å². The van der Waals surface area contributed by atoms with E-state index in [1.165, 1.54) is 6.07 Å². The van der Waals surface area contributed by atoms with Gasteiger partial charge in [-0.3, -0.25) is 23.5 Å². The van der Waals surface area contributed by atoms with Crippen molar-refractivity contribution in [2.75, 3.05) is 5.73 Å². The molecule has 7 aromatic rings. The number of aromatic carboxylic acids is 1. The number of benzene rings is 3. The van der Waals surface area contributed by atoms with E-state index in [1.54, 1.807) is 30.6 Å². The van der Waals surface area contributed by atoms with Crippen molar-refractivity contribution in [3.63, 3.8) is 0 Å². The van der Waals surface area contributed by atoms with Crippen molar-refractivity contribution in [2.45, 2.75) is 96.7 Å². The first-order chi connectivity index (χ1) is 32.7. The van der Waals surface area contributed by atoms with Gasteiger partial charge in [-0.2, -0.15) is 0 Å². The predicted octanol–water partition coefficient (Wildman–Crippen LogP) is 10.0. The van der Waals surface area contributed by atoms with Crippen LogP contribution in [0.25, 0.3) is 21.8 Å². The molecule has 13 nitrogen and oxygen atoms in total. The topological polar surface area (TPSA) is 188 Å². The summed E-state index contributed by atoms with van der Waals surface area (Å²) >= 11 is 6.59. The molecule has 1 fully saturated rings. The highest BCUT2D eigenvalue weighted by Gasteiger charge is 2.21. The summed E-state index contributed by atoms with van der Waals surface area (Å²) in [6.45, 7) is 6.22. The number of fused-ring (bicyclic) bond motifs is 4. The van der Waals surface area contributed by atoms with Crippen LogP contribution < -0.4 is 22.2 Å². The number of anilines is 1. The maximum atomic E-state index is 12.8. The fraction of sp³-hybridized carbons (Fsp3) is 0.283. The number of carboxylic acid groups (broad SMARTS) is 1. The Bertz CT molecular complexity index is 3150. The Balaban J connectivity index is 0.000000172. The average Bonchev–Trinajstić information content (AvgIpc) is 3.32. The Morgan fingerprint density at radius 1 is 0.710 bits per heavy atom. The summed E-state index contributed by atoms with van der Waals surface area (Å²) in [5.41, 5.74) is 9.76. The Morgan fingerprint density at radius 3 is 1.74 bits per heavy atom. The molecule has 16 heteroatoms. The summed E-state index contributed by atoms with van der Waals surface area (Å²) in [6, 6.07) is 28.0. The summed E-state index contributed by atoms with van der Waals surface area (Å²) in [7, 11) is 0. The van der Waals surface area contributed by atoms with E-state index in [4.69, 9.17) is 22.2 Å². The third kappa shape index (κ3) is 14.7. The van der Waals surface area contributed by atoms with Crippen LogP contribution in [-0.4, -0.2) is 52.1 Å². The number of carboxylic acids is 1. The van der Waals surface area contributed by atoms with Crippen LogP contribution in [0.5, 0.6) is 0 Å². The molecule has 7 heterocycles. The smallest absolute Gasteiger partial charge is 0.337 e. The number of halogens is 3. The lowest BCUT2D eigenvalue weighted by molar-refractivity contribution is -0.123. The maximum absolute atomic E-state index is 12.8. The molecule has 4 N–H and O–H groups in total. The van der Waals surface area contributed by atoms with Crippen LogP contribution in [0.1, 0.15) is 117 Å². The van der Waals surface area contributed by atoms with Crippen LogP contribution in [0.4, 0.5) is 5.69 Å². The molecule has 69 heavy (non-hydrogen) atoms. The largest absolute Gasteiger partial charge is 0.478 e. The number of pyridine rings is 2. The van der Waals surface area contributed by atoms with Crippen molar-refractivity contribution < 1.29 is 14.7 Å². The van der Waals surface area contributed by atoms with Gasteiger partial charge >= 0.3 is 5.97 Å². The van der Waals surface area contributed by atoms with Crippen molar-refractivity contribution >= 4 is 83.6 Å². The first-order valence-corrected chi connectivity index (χ1v) is 23.9. The van der Waals surface area contributed by atoms with E-state index in [0.29, 0.717) is 22.5 Å². The lowest BCUT2D eigenvalue weighted by Crippen LogP contribution is -2.36. The van der Waals surface area contributed by atoms with Crippen LogP contribution >= 0.6 is 44.3 Å². The summed E-state index contributed by atoms with van der Waals surface area (Å²) in [5.74, 6) is 9.58. The third-order valence-electron chi connectivity index (χ3n) is 11.3. The van der Waals surface area contributed by atoms with Gasteiger partial charge in [-0.15, -0.1) is 18.8 Å². The number of terminal acetylenes is 1. The molecule has 0 spiro atoms. The molecule has 10 rings (SSSR count). The van der Waals surface area contributed by atoms with Gasteiger partial charge in [0.15, 0.2) is 0 Å². The maximum Gasteiger partial charge on any atom is 0.337 e. The molecule has 0 bridgehead atoms. The molecule has 3 aromatic carbocycles. The normalized spacial score (nSPS) is 16.3. The number of aromatic nitrogens is 6. The molecule has 3 aliphatic rings. The number of rotatable bonds is 1. The van der Waals surface area contributed by atoms with Crippen molar-refractivity contribution in [3.05, 3.63) is 167 Å². The van der Waals surface area contributed by atoms with Gasteiger partial charge < -0.3 is 16.2 Å². The first-order valence-electron chi connectivity index (χ1n) is 22.4. The second-order valence-corrected chi connectivity index (χ2v) is 18.3. The predicted molar refractivity (Wildman–Crippen MR) is 282 cm³/mol. The summed E-state index contributed by atoms with van der Waals surface area (Å²) < 4.78 is 5.45. The number of piperidine rings is 1. The molecular weight excluding hydrogens is 1020 g/mol. The SMILES string of the molecule is C#Cc1ccccn1.CC1CCCC(=O)N1.CC1CCCc2nc3cc(Br)ccc3c(=O)n21.CC1CCCc2nc3cc(C#Cc4ccccn4)ccc3c(=O)n21.Cl.Nc1cc(Br)ccc1C(=O)O. The molecule has 0 aliphatic carbocycles. The van der Waals surface area contributed by atoms with Crippen LogP contribution in [0.2, 0.25) is 0 Å². The molecule has 4 aromatic heterocycles. The average molecular weight is 1080 g/mol. The first kappa shape index (κ1) is 53.3. The molecule has 0 saturated carbocycles. The second kappa shape index (κ2) is 25.6. The van der Waals surface area contributed by atoms with Gasteiger partial charge in [-0.25, -0.2) is 24.7 Å². The van der Waals surface area contributed by atoms with E-state index in [2.05, 4.69) is 83.7 Å². The Labute approximate surface area is 424 Å². The molecule has 356 valence electrons. The summed E-state index contributed by atoms with van der Waals surface area (Å²) in [6.07, 6.45) is 17.4. The third-order valence-corrected chi connectivity index (χ3v) is 12.3. The van der Waals surface area contributed by atoms with Gasteiger partial charge in [0, 0.05) is 70.0 Å². The molecule has 1 saturated heterocycles. The highest BCUT2D eigenvalue weighted by Crippen LogP contribution is 2.25. The van der Waals surface area contributed by atoms with Gasteiger partial charge in [0.05, 0.1) is 27.4 Å². The number of nitrogens with two attached hydrogens (primary N) is 1. The summed E-state index contributed by atoms with van der Waals surface area (Å²) in [4.78, 5) is 63.6. The fourth-order valence-corrected chi connectivity index (χ4v) is 8.64. The van der Waals surface area contributed by atoms with Crippen LogP contribution in [0.3, 0.4) is 0 Å². The van der Waals surface area contributed by atoms with Crippen LogP contribution in [0, 0.1) is 24.2 Å². The van der Waals surface area contributed by atoms with Crippen molar-refractivity contribution in [2.24, 2.45) is 0 Å². The minimum absolute atomic E-state index is 0. The number of nitrogens with one attached hydrogen (secondary N) is 1. The standard InChI is InChI=1S/C20H17N3O.C13H13BrN2O.C7H6BrNO2.C7H5N.C6H11NO.ClH/c1-14-5-4-7-19-22-18-13-15(8-10-16-6-2-3-12-21-16)9-11-17(18)20(24)23(14)19;1-8-3-2-4-12-15-11-7-9(14)5-6-10(11)13(17)16(8)12;8-4-1-2-5(7(10)11)6(9)3-4;1-2-7-5-3-4-6-8-7;1-5-3-2-4-6(8)7-5;/h2-3,6,9,11-14H,4-5,7H2,1H3;5-8H,2-4H2,1H3;1-3H,9H2,(H,10,11);1,3-6H;5H,2-4H2,1H3,(H,7,8);1H. The molecule has 3 aliphatic heterocycles. The minimum atomic E-state index is -1.00. The fourth-order valence-electron chi connectivity index (χ4n) is 7.91. The Kier molecular flexibility index (Phi) is 19.8. The quantitative estimate of drug-likeness (QED) is 0.105. The zero-order valence-electron chi connectivity index (χ0n) is 38.5. The number of nitrogens with zero attached hydrogens (tertiary/aromatic N) is 6. The zero-order chi connectivity index (χ0) is 48.7. The highest BCUT2D eigenvalue weighted by atomic mass is 79.9. The summed E-state index contributed by atoms with van der Waals surface area (Å²) in [5, 5.41) is 12.8. The number of carbonyl (C=O) groups is 2. The van der Waals surface area contributed by atoms with Crippen molar-refractivity contribution in [1.29, 1.82) is 0 Å². The molecule has 3 unspecified atom stereocenters. The number of hydrogen-bond acceptors (Lipinski definition) is 9. The van der Waals surface area contributed by atoms with Crippen LogP contribution in [-0.2, 0) is 17.6 Å². The van der Waals surface area contributed by atoms with Gasteiger partial charge in [0.2, 0.25) is 5.91 Å². The lowest BCUT2D eigenvalue weighted by Gasteiger charge is -2.24. The molecule has 3 atom stereocenters. The van der Waals surface area contributed by atoms with E-state index >= 15 is 0 Å². The van der Waals surface area contributed by atoms with Crippen molar-refractivity contribution in [1.82, 2.24) is 34.4 Å². The zero-order valence-corrected chi connectivity index (χ0v) is 42.5. The Hall–Kier alpha value is -6.65. The molecule has 0 radical (unpaired) electrons. The lowest BCUT2D eigenvalue weighted by atomic mass is 10.0. The highest BCUT2D eigenvalue weighted by molar-refractivity contribution is 9.10. The number of amides is 1. The number of aryl methyl sites for hydroxylation is 2. The van der Waals surface area contributed by atoms with Crippen molar-refractivity contribution in [3.8, 4) is 24.2 Å². The van der Waals surface area contributed by atoms with Gasteiger partial charge in [0.1, 0.15) is 23.0 Å². The van der Waals surface area contributed by atoms with E-state index in [-0.39, 0.29) is 52.8 Å². The van der Waals surface area contributed by atoms with E-state index < -0.39 is 5.97 Å². The Morgan fingerprint density at radius 2 is 1.25 bits per heavy atom. The number of nitrogen functional groups attached to an aromatic ring is 1. The van der Waals surface area contributed by atoms with E-state index in [9.17, 15) is 19.2 Å². The molecular formula is C53H53Br2ClN8O5. The van der Waals surface area contributed by atoms with Gasteiger partial charge in [-0.05, 0) is 144 Å². The van der Waals surface area contributed by atoms with E-state index in [1.807, 2.05) is 82.8 Å². The second-order valence-electron chi connectivity index (χ2n) is 16.5. The van der Waals surface area contributed by atoms with Crippen LogP contribution in [0.15, 0.2) is 122 Å². The number of hydrogen-bond donors (Lipinski definition) is 3. The van der Waals surface area contributed by atoms with E-state index in [0.717, 1.165) is 101 Å². The minimum Gasteiger partial charge on any atom is -0.478 e. The molecule has 1 amide bonds. The number of carbonyl (C=O) groups excluding carboxylic acids is 1. The van der Waals surface area contributed by atoms with Gasteiger partial charge in [0.25, 0.3) is 11.1 Å². The monoisotopic (exact) mass is 1070 g/mol.